The third-order valence-electron chi connectivity index (χ3n) is 3.29. The van der Waals surface area contributed by atoms with Crippen LogP contribution in [-0.2, 0) is 10.9 Å². The largest absolute Gasteiger partial charge is 0.573 e. The Balaban J connectivity index is 2.23. The Morgan fingerprint density at radius 1 is 1.00 bits per heavy atom. The van der Waals surface area contributed by atoms with Gasteiger partial charge in [-0.05, 0) is 43.3 Å². The number of amides is 2. The molecule has 0 spiro atoms. The van der Waals surface area contributed by atoms with Crippen LogP contribution in [0, 0.1) is 0 Å². The van der Waals surface area contributed by atoms with Gasteiger partial charge in [0.05, 0.1) is 12.2 Å². The van der Waals surface area contributed by atoms with Gasteiger partial charge in [0.1, 0.15) is 5.75 Å². The Morgan fingerprint density at radius 3 is 2.17 bits per heavy atom. The molecule has 156 valence electrons. The molecule has 0 bridgehead atoms. The molecule has 2 aromatic rings. The summed E-state index contributed by atoms with van der Waals surface area (Å²) in [6, 6.07) is 7.49. The molecule has 0 unspecified atom stereocenters. The van der Waals surface area contributed by atoms with Crippen LogP contribution < -0.4 is 10.1 Å². The van der Waals surface area contributed by atoms with Crippen molar-refractivity contribution in [1.29, 1.82) is 0 Å². The van der Waals surface area contributed by atoms with Crippen LogP contribution in [0.25, 0.3) is 0 Å². The predicted molar refractivity (Wildman–Crippen MR) is 91.8 cm³/mol. The van der Waals surface area contributed by atoms with Crippen molar-refractivity contribution >= 4 is 17.6 Å². The SMILES string of the molecule is CCOC(=NC(=O)Nc1ccc(OC(F)(F)F)cc1)c1ccccc1C(F)(F)F. The summed E-state index contributed by atoms with van der Waals surface area (Å²) in [5.41, 5.74) is -1.41. The lowest BCUT2D eigenvalue weighted by molar-refractivity contribution is -0.274. The Bertz CT molecular complexity index is 876. The van der Waals surface area contributed by atoms with E-state index in [-0.39, 0.29) is 12.3 Å². The number of carbonyl (C=O) groups excluding carboxylic acids is 1. The van der Waals surface area contributed by atoms with Gasteiger partial charge in [-0.25, -0.2) is 4.79 Å². The van der Waals surface area contributed by atoms with Crippen molar-refractivity contribution in [2.24, 2.45) is 4.99 Å². The predicted octanol–water partition coefficient (Wildman–Crippen LogP) is 5.62. The summed E-state index contributed by atoms with van der Waals surface area (Å²) < 4.78 is 84.8. The number of ether oxygens (including phenoxy) is 2. The summed E-state index contributed by atoms with van der Waals surface area (Å²) >= 11 is 0. The maximum Gasteiger partial charge on any atom is 0.573 e. The van der Waals surface area contributed by atoms with E-state index < -0.39 is 41.3 Å². The molecule has 0 saturated carbocycles. The molecule has 0 aliphatic carbocycles. The van der Waals surface area contributed by atoms with Crippen LogP contribution >= 0.6 is 0 Å². The minimum atomic E-state index is -4.87. The van der Waals surface area contributed by atoms with E-state index in [1.165, 1.54) is 19.1 Å². The summed E-state index contributed by atoms with van der Waals surface area (Å²) in [5, 5.41) is 2.22. The molecule has 5 nitrogen and oxygen atoms in total. The fourth-order valence-electron chi connectivity index (χ4n) is 2.21. The molecular weight excluding hydrogens is 406 g/mol. The van der Waals surface area contributed by atoms with E-state index in [1.54, 1.807) is 0 Å². The fraction of sp³-hybridized carbons (Fsp3) is 0.222. The van der Waals surface area contributed by atoms with Crippen molar-refractivity contribution in [1.82, 2.24) is 0 Å². The molecule has 2 aromatic carbocycles. The van der Waals surface area contributed by atoms with Gasteiger partial charge in [0.2, 0.25) is 5.90 Å². The number of nitrogens with one attached hydrogen (secondary N) is 1. The van der Waals surface area contributed by atoms with Crippen molar-refractivity contribution in [2.45, 2.75) is 19.5 Å². The summed E-state index contributed by atoms with van der Waals surface area (Å²) in [6.45, 7) is 1.45. The fourth-order valence-corrected chi connectivity index (χ4v) is 2.21. The zero-order chi connectivity index (χ0) is 21.7. The highest BCUT2D eigenvalue weighted by Gasteiger charge is 2.35. The zero-order valence-corrected chi connectivity index (χ0v) is 14.8. The van der Waals surface area contributed by atoms with Crippen molar-refractivity contribution in [3.8, 4) is 5.75 Å². The van der Waals surface area contributed by atoms with Crippen molar-refractivity contribution < 1.29 is 40.6 Å². The average molecular weight is 420 g/mol. The minimum absolute atomic E-state index is 0.0493. The normalized spacial score (nSPS) is 12.4. The molecule has 0 aliphatic heterocycles. The molecular formula is C18H14F6N2O3. The molecule has 0 atom stereocenters. The molecule has 0 heterocycles. The quantitative estimate of drug-likeness (QED) is 0.397. The average Bonchev–Trinajstić information content (AvgIpc) is 2.61. The number of aliphatic imine (C=N–C) groups is 1. The minimum Gasteiger partial charge on any atom is -0.477 e. The second-order valence-electron chi connectivity index (χ2n) is 5.40. The first-order valence-electron chi connectivity index (χ1n) is 8.04. The molecule has 0 fully saturated rings. The number of benzene rings is 2. The van der Waals surface area contributed by atoms with Gasteiger partial charge in [0, 0.05) is 11.3 Å². The van der Waals surface area contributed by atoms with E-state index in [0.717, 1.165) is 36.4 Å². The van der Waals surface area contributed by atoms with E-state index in [2.05, 4.69) is 15.0 Å². The molecule has 11 heteroatoms. The molecule has 29 heavy (non-hydrogen) atoms. The van der Waals surface area contributed by atoms with Crippen molar-refractivity contribution in [3.05, 3.63) is 59.7 Å². The standard InChI is InChI=1S/C18H14F6N2O3/c1-2-28-15(13-5-3-4-6-14(13)17(19,20)21)26-16(27)25-11-7-9-12(10-8-11)29-18(22,23)24/h3-10H,2H2,1H3,(H,25,27). The van der Waals surface area contributed by atoms with Crippen LogP contribution in [0.2, 0.25) is 0 Å². The molecule has 2 amide bonds. The van der Waals surface area contributed by atoms with Crippen LogP contribution in [0.15, 0.2) is 53.5 Å². The highest BCUT2D eigenvalue weighted by atomic mass is 19.4. The van der Waals surface area contributed by atoms with Gasteiger partial charge in [0.15, 0.2) is 0 Å². The van der Waals surface area contributed by atoms with E-state index >= 15 is 0 Å². The van der Waals surface area contributed by atoms with Crippen LogP contribution in [-0.4, -0.2) is 24.9 Å². The van der Waals surface area contributed by atoms with Crippen LogP contribution in [0.1, 0.15) is 18.1 Å². The molecule has 1 N–H and O–H groups in total. The number of anilines is 1. The van der Waals surface area contributed by atoms with Gasteiger partial charge in [-0.15, -0.1) is 13.2 Å². The Kier molecular flexibility index (Phi) is 6.72. The summed E-state index contributed by atoms with van der Waals surface area (Å²) in [4.78, 5) is 15.6. The van der Waals surface area contributed by atoms with E-state index in [9.17, 15) is 31.1 Å². The van der Waals surface area contributed by atoms with E-state index in [0.29, 0.717) is 0 Å². The highest BCUT2D eigenvalue weighted by Crippen LogP contribution is 2.32. The number of rotatable bonds is 4. The van der Waals surface area contributed by atoms with Gasteiger partial charge >= 0.3 is 18.6 Å². The summed E-state index contributed by atoms with van der Waals surface area (Å²) in [6.07, 6.45) is -9.56. The number of alkyl halides is 6. The maximum atomic E-state index is 13.2. The van der Waals surface area contributed by atoms with Gasteiger partial charge in [0.25, 0.3) is 0 Å². The highest BCUT2D eigenvalue weighted by molar-refractivity contribution is 6.05. The third kappa shape index (κ3) is 6.70. The number of urea groups is 1. The molecule has 0 aromatic heterocycles. The first-order chi connectivity index (χ1) is 13.5. The van der Waals surface area contributed by atoms with E-state index in [1.807, 2.05) is 0 Å². The zero-order valence-electron chi connectivity index (χ0n) is 14.8. The Labute approximate surface area is 161 Å². The molecule has 2 rings (SSSR count). The lowest BCUT2D eigenvalue weighted by atomic mass is 10.1. The summed E-state index contributed by atoms with van der Waals surface area (Å²) in [5.74, 6) is -1.05. The van der Waals surface area contributed by atoms with Gasteiger partial charge in [-0.1, -0.05) is 12.1 Å². The number of nitrogens with zero attached hydrogens (tertiary/aromatic N) is 1. The van der Waals surface area contributed by atoms with Gasteiger partial charge < -0.3 is 14.8 Å². The Morgan fingerprint density at radius 2 is 1.62 bits per heavy atom. The molecule has 0 radical (unpaired) electrons. The smallest absolute Gasteiger partial charge is 0.477 e. The monoisotopic (exact) mass is 420 g/mol. The lowest BCUT2D eigenvalue weighted by Crippen LogP contribution is -2.19. The van der Waals surface area contributed by atoms with Gasteiger partial charge in [-0.3, -0.25) is 0 Å². The summed E-state index contributed by atoms with van der Waals surface area (Å²) in [7, 11) is 0. The van der Waals surface area contributed by atoms with E-state index in [4.69, 9.17) is 4.74 Å². The van der Waals surface area contributed by atoms with Crippen LogP contribution in [0.5, 0.6) is 5.75 Å². The van der Waals surface area contributed by atoms with Crippen LogP contribution in [0.3, 0.4) is 0 Å². The molecule has 0 saturated heterocycles. The third-order valence-corrected chi connectivity index (χ3v) is 3.29. The maximum absolute atomic E-state index is 13.2. The number of carbonyl (C=O) groups is 1. The van der Waals surface area contributed by atoms with Gasteiger partial charge in [-0.2, -0.15) is 18.2 Å². The van der Waals surface area contributed by atoms with Crippen molar-refractivity contribution in [3.63, 3.8) is 0 Å². The van der Waals surface area contributed by atoms with Crippen molar-refractivity contribution in [2.75, 3.05) is 11.9 Å². The topological polar surface area (TPSA) is 59.9 Å². The lowest BCUT2D eigenvalue weighted by Gasteiger charge is -2.14. The van der Waals surface area contributed by atoms with Crippen LogP contribution in [0.4, 0.5) is 36.8 Å². The first-order valence-corrected chi connectivity index (χ1v) is 8.04. The second kappa shape index (κ2) is 8.84. The first kappa shape index (κ1) is 22.1. The number of halogens is 6. The second-order valence-corrected chi connectivity index (χ2v) is 5.40. The number of hydrogen-bond donors (Lipinski definition) is 1. The Hall–Kier alpha value is -3.24. The molecule has 0 aliphatic rings. The number of hydrogen-bond acceptors (Lipinski definition) is 3.